The number of nitrogens with zero attached hydrogens (tertiary/aromatic N) is 1. The molecule has 1 aliphatic heterocycles. The number of hydrogen-bond acceptors (Lipinski definition) is 1. The molecule has 1 unspecified atom stereocenters. The van der Waals surface area contributed by atoms with E-state index < -0.39 is 0 Å². The topological polar surface area (TPSA) is 3.24 Å². The van der Waals surface area contributed by atoms with Gasteiger partial charge in [0.25, 0.3) is 0 Å². The predicted octanol–water partition coefficient (Wildman–Crippen LogP) is 3.63. The minimum Gasteiger partial charge on any atom is -0.298 e. The molecule has 1 nitrogen and oxygen atoms in total. The zero-order valence-corrected chi connectivity index (χ0v) is 10.7. The van der Waals surface area contributed by atoms with Gasteiger partial charge in [-0.3, -0.25) is 4.90 Å². The number of likely N-dealkylation sites (tertiary alicyclic amines) is 1. The van der Waals surface area contributed by atoms with E-state index in [2.05, 4.69) is 51.3 Å². The van der Waals surface area contributed by atoms with Crippen molar-refractivity contribution >= 4 is 0 Å². The summed E-state index contributed by atoms with van der Waals surface area (Å²) in [6.07, 6.45) is 6.86. The van der Waals surface area contributed by atoms with Crippen molar-refractivity contribution in [2.45, 2.75) is 46.1 Å². The molecule has 1 heterocycles. The monoisotopic (exact) mass is 207 g/mol. The summed E-state index contributed by atoms with van der Waals surface area (Å²) in [5, 5.41) is 0. The molecule has 1 atom stereocenters. The van der Waals surface area contributed by atoms with Crippen molar-refractivity contribution in [1.29, 1.82) is 0 Å². The van der Waals surface area contributed by atoms with Crippen LogP contribution in [0.2, 0.25) is 0 Å². The van der Waals surface area contributed by atoms with Gasteiger partial charge in [-0.1, -0.05) is 24.3 Å². The lowest BCUT2D eigenvalue weighted by molar-refractivity contribution is 0.0897. The molecule has 1 fully saturated rings. The summed E-state index contributed by atoms with van der Waals surface area (Å²) < 4.78 is 0. The van der Waals surface area contributed by atoms with Crippen molar-refractivity contribution in [3.63, 3.8) is 0 Å². The minimum absolute atomic E-state index is 0.300. The Morgan fingerprint density at radius 2 is 2.07 bits per heavy atom. The van der Waals surface area contributed by atoms with Gasteiger partial charge in [-0.05, 0) is 53.0 Å². The first-order valence-electron chi connectivity index (χ1n) is 6.01. The quantitative estimate of drug-likeness (QED) is 0.625. The number of piperidine rings is 1. The Kier molecular flexibility index (Phi) is 4.15. The molecule has 0 aromatic carbocycles. The van der Waals surface area contributed by atoms with Gasteiger partial charge in [-0.15, -0.1) is 0 Å². The zero-order chi connectivity index (χ0) is 11.5. The van der Waals surface area contributed by atoms with E-state index in [1.165, 1.54) is 31.5 Å². The Hall–Kier alpha value is -0.560. The van der Waals surface area contributed by atoms with E-state index in [1.54, 1.807) is 0 Å². The normalized spacial score (nSPS) is 24.7. The molecule has 0 aliphatic carbocycles. The Labute approximate surface area is 94.9 Å². The molecule has 0 aromatic heterocycles. The fraction of sp³-hybridized carbons (Fsp3) is 0.714. The molecule has 0 aromatic rings. The molecule has 0 amide bonds. The van der Waals surface area contributed by atoms with Crippen LogP contribution >= 0.6 is 0 Å². The summed E-state index contributed by atoms with van der Waals surface area (Å²) in [6.45, 7) is 15.5. The summed E-state index contributed by atoms with van der Waals surface area (Å²) in [6, 6.07) is 0. The third-order valence-corrected chi connectivity index (χ3v) is 3.28. The van der Waals surface area contributed by atoms with Gasteiger partial charge in [0.05, 0.1) is 0 Å². The van der Waals surface area contributed by atoms with Crippen molar-refractivity contribution in [2.75, 3.05) is 13.1 Å². The third kappa shape index (κ3) is 3.49. The molecule has 1 rings (SSSR count). The van der Waals surface area contributed by atoms with E-state index in [0.29, 0.717) is 11.5 Å². The van der Waals surface area contributed by atoms with Crippen LogP contribution in [0.5, 0.6) is 0 Å². The second kappa shape index (κ2) is 4.98. The molecule has 15 heavy (non-hydrogen) atoms. The highest BCUT2D eigenvalue weighted by Gasteiger charge is 2.28. The first kappa shape index (κ1) is 12.5. The Balaban J connectivity index is 2.60. The summed E-state index contributed by atoms with van der Waals surface area (Å²) in [5.41, 5.74) is 1.60. The molecule has 0 spiro atoms. The zero-order valence-electron chi connectivity index (χ0n) is 10.7. The van der Waals surface area contributed by atoms with Crippen LogP contribution in [-0.4, -0.2) is 23.5 Å². The average Bonchev–Trinajstić information content (AvgIpc) is 2.17. The van der Waals surface area contributed by atoms with Gasteiger partial charge in [-0.25, -0.2) is 0 Å². The molecule has 0 bridgehead atoms. The van der Waals surface area contributed by atoms with Crippen LogP contribution in [0.3, 0.4) is 0 Å². The van der Waals surface area contributed by atoms with Gasteiger partial charge >= 0.3 is 0 Å². The summed E-state index contributed by atoms with van der Waals surface area (Å²) in [4.78, 5) is 2.58. The maximum atomic E-state index is 4.17. The lowest BCUT2D eigenvalue weighted by atomic mass is 9.88. The molecule has 0 radical (unpaired) electrons. The van der Waals surface area contributed by atoms with Crippen LogP contribution in [0.25, 0.3) is 0 Å². The van der Waals surface area contributed by atoms with Gasteiger partial charge in [-0.2, -0.15) is 0 Å². The molecule has 86 valence electrons. The smallest absolute Gasteiger partial charge is 0.0125 e. The first-order valence-corrected chi connectivity index (χ1v) is 6.01. The van der Waals surface area contributed by atoms with E-state index in [1.807, 2.05) is 0 Å². The number of hydrogen-bond donors (Lipinski definition) is 0. The number of allylic oxidation sites excluding steroid dienone is 2. The minimum atomic E-state index is 0.300. The molecular weight excluding hydrogens is 182 g/mol. The van der Waals surface area contributed by atoms with E-state index >= 15 is 0 Å². The molecule has 1 aliphatic rings. The van der Waals surface area contributed by atoms with Gasteiger partial charge < -0.3 is 0 Å². The molecule has 1 saturated heterocycles. The van der Waals surface area contributed by atoms with E-state index in [-0.39, 0.29) is 0 Å². The van der Waals surface area contributed by atoms with Gasteiger partial charge in [0, 0.05) is 12.1 Å². The predicted molar refractivity (Wildman–Crippen MR) is 68.0 cm³/mol. The molecule has 0 saturated carbocycles. The van der Waals surface area contributed by atoms with Crippen molar-refractivity contribution in [3.05, 3.63) is 24.3 Å². The highest BCUT2D eigenvalue weighted by Crippen LogP contribution is 2.27. The van der Waals surface area contributed by atoms with Crippen molar-refractivity contribution in [3.8, 4) is 0 Å². The molecule has 1 heteroatoms. The lowest BCUT2D eigenvalue weighted by Crippen LogP contribution is -2.47. The average molecular weight is 207 g/mol. The summed E-state index contributed by atoms with van der Waals surface area (Å²) in [7, 11) is 0. The SMILES string of the molecule is C=C(/C=C\C)C1CCCN(C(C)(C)C)C1. The summed E-state index contributed by atoms with van der Waals surface area (Å²) >= 11 is 0. The van der Waals surface area contributed by atoms with Gasteiger partial charge in [0.2, 0.25) is 0 Å². The largest absolute Gasteiger partial charge is 0.298 e. The van der Waals surface area contributed by atoms with E-state index in [4.69, 9.17) is 0 Å². The van der Waals surface area contributed by atoms with E-state index in [9.17, 15) is 0 Å². The van der Waals surface area contributed by atoms with Crippen molar-refractivity contribution in [1.82, 2.24) is 4.90 Å². The Morgan fingerprint density at radius 3 is 2.60 bits per heavy atom. The highest BCUT2D eigenvalue weighted by molar-refractivity contribution is 5.18. The maximum Gasteiger partial charge on any atom is 0.0125 e. The number of rotatable bonds is 2. The van der Waals surface area contributed by atoms with Gasteiger partial charge in [0.1, 0.15) is 0 Å². The fourth-order valence-corrected chi connectivity index (χ4v) is 2.24. The third-order valence-electron chi connectivity index (χ3n) is 3.28. The Bertz CT molecular complexity index is 245. The Morgan fingerprint density at radius 1 is 1.40 bits per heavy atom. The van der Waals surface area contributed by atoms with Crippen molar-refractivity contribution < 1.29 is 0 Å². The standard InChI is InChI=1S/C14H25N/c1-6-8-12(2)13-9-7-10-15(11-13)14(3,4)5/h6,8,13H,2,7,9-11H2,1,3-5H3/b8-6-. The van der Waals surface area contributed by atoms with Crippen LogP contribution in [0.15, 0.2) is 24.3 Å². The molecule has 0 N–H and O–H groups in total. The maximum absolute atomic E-state index is 4.17. The highest BCUT2D eigenvalue weighted by atomic mass is 15.2. The first-order chi connectivity index (χ1) is 6.95. The second-order valence-corrected chi connectivity index (χ2v) is 5.53. The van der Waals surface area contributed by atoms with Gasteiger partial charge in [0.15, 0.2) is 0 Å². The fourth-order valence-electron chi connectivity index (χ4n) is 2.24. The lowest BCUT2D eigenvalue weighted by Gasteiger charge is -2.42. The molecular formula is C14H25N. The van der Waals surface area contributed by atoms with Crippen LogP contribution in [-0.2, 0) is 0 Å². The van der Waals surface area contributed by atoms with E-state index in [0.717, 1.165) is 0 Å². The van der Waals surface area contributed by atoms with Crippen LogP contribution < -0.4 is 0 Å². The van der Waals surface area contributed by atoms with Crippen LogP contribution in [0, 0.1) is 5.92 Å². The summed E-state index contributed by atoms with van der Waals surface area (Å²) in [5.74, 6) is 0.661. The van der Waals surface area contributed by atoms with Crippen molar-refractivity contribution in [2.24, 2.45) is 5.92 Å². The van der Waals surface area contributed by atoms with Crippen LogP contribution in [0.4, 0.5) is 0 Å². The van der Waals surface area contributed by atoms with Crippen LogP contribution in [0.1, 0.15) is 40.5 Å². The second-order valence-electron chi connectivity index (χ2n) is 5.53.